The van der Waals surface area contributed by atoms with Gasteiger partial charge in [-0.05, 0) is 36.8 Å². The van der Waals surface area contributed by atoms with E-state index in [4.69, 9.17) is 11.6 Å². The number of nitrogens with zero attached hydrogens (tertiary/aromatic N) is 1. The van der Waals surface area contributed by atoms with Crippen LogP contribution in [0.15, 0.2) is 42.5 Å². The molecule has 2 aromatic rings. The Labute approximate surface area is 173 Å². The molecule has 30 heavy (non-hydrogen) atoms. The molecule has 2 aromatic carbocycles. The van der Waals surface area contributed by atoms with Gasteiger partial charge in [-0.15, -0.1) is 8.78 Å². The fourth-order valence-corrected chi connectivity index (χ4v) is 3.32. The Morgan fingerprint density at radius 3 is 2.50 bits per heavy atom. The molecule has 2 heterocycles. The van der Waals surface area contributed by atoms with Gasteiger partial charge in [0, 0.05) is 16.8 Å². The first-order valence-corrected chi connectivity index (χ1v) is 9.05. The number of urea groups is 1. The smallest absolute Gasteiger partial charge is 0.395 e. The van der Waals surface area contributed by atoms with Crippen LogP contribution in [0, 0.1) is 0 Å². The zero-order chi connectivity index (χ0) is 21.7. The first-order valence-electron chi connectivity index (χ1n) is 8.67. The minimum Gasteiger partial charge on any atom is -0.395 e. The number of anilines is 1. The van der Waals surface area contributed by atoms with Gasteiger partial charge in [0.05, 0.1) is 0 Å². The van der Waals surface area contributed by atoms with Gasteiger partial charge in [0.25, 0.3) is 5.91 Å². The van der Waals surface area contributed by atoms with Crippen LogP contribution in [0.2, 0.25) is 5.02 Å². The second-order valence-electron chi connectivity index (χ2n) is 6.83. The van der Waals surface area contributed by atoms with E-state index in [9.17, 15) is 23.2 Å². The number of halogens is 3. The molecule has 0 aromatic heterocycles. The van der Waals surface area contributed by atoms with Crippen molar-refractivity contribution in [1.29, 1.82) is 0 Å². The van der Waals surface area contributed by atoms with E-state index in [1.165, 1.54) is 19.1 Å². The predicted octanol–water partition coefficient (Wildman–Crippen LogP) is 3.07. The molecule has 0 saturated carbocycles. The predicted molar refractivity (Wildman–Crippen MR) is 100 cm³/mol. The first-order chi connectivity index (χ1) is 14.1. The van der Waals surface area contributed by atoms with Gasteiger partial charge in [-0.1, -0.05) is 23.7 Å². The molecule has 0 spiro atoms. The molecule has 0 unspecified atom stereocenters. The summed E-state index contributed by atoms with van der Waals surface area (Å²) in [5, 5.41) is 5.47. The molecular weight excluding hydrogens is 424 g/mol. The number of nitrogens with one attached hydrogen (secondary N) is 2. The fraction of sp³-hybridized carbons (Fsp3) is 0.211. The summed E-state index contributed by atoms with van der Waals surface area (Å²) in [7, 11) is 0. The average molecular weight is 438 g/mol. The summed E-state index contributed by atoms with van der Waals surface area (Å²) in [5.74, 6) is -1.74. The van der Waals surface area contributed by atoms with Gasteiger partial charge in [0.15, 0.2) is 11.5 Å². The summed E-state index contributed by atoms with van der Waals surface area (Å²) in [5.41, 5.74) is -0.718. The summed E-state index contributed by atoms with van der Waals surface area (Å²) in [6.07, 6.45) is -3.78. The Morgan fingerprint density at radius 2 is 1.80 bits per heavy atom. The third kappa shape index (κ3) is 3.50. The molecule has 1 atom stereocenters. The van der Waals surface area contributed by atoms with Gasteiger partial charge in [0.2, 0.25) is 5.91 Å². The van der Waals surface area contributed by atoms with Crippen LogP contribution in [0.25, 0.3) is 0 Å². The number of imide groups is 1. The van der Waals surface area contributed by atoms with E-state index in [-0.39, 0.29) is 17.2 Å². The molecule has 0 bridgehead atoms. The topological polar surface area (TPSA) is 97.0 Å². The number of benzene rings is 2. The van der Waals surface area contributed by atoms with E-state index in [1.54, 1.807) is 24.3 Å². The summed E-state index contributed by atoms with van der Waals surface area (Å²) in [6, 6.07) is 9.32. The van der Waals surface area contributed by atoms with E-state index in [0.717, 1.165) is 11.0 Å². The average Bonchev–Trinajstić information content (AvgIpc) is 3.09. The van der Waals surface area contributed by atoms with Gasteiger partial charge >= 0.3 is 12.3 Å². The molecule has 2 N–H and O–H groups in total. The molecule has 156 valence electrons. The lowest BCUT2D eigenvalue weighted by molar-refractivity contribution is -0.286. The Balaban J connectivity index is 1.46. The normalized spacial score (nSPS) is 21.5. The maximum Gasteiger partial charge on any atom is 0.586 e. The van der Waals surface area contributed by atoms with Gasteiger partial charge in [-0.3, -0.25) is 14.5 Å². The van der Waals surface area contributed by atoms with Gasteiger partial charge in [-0.25, -0.2) is 4.79 Å². The number of alkyl halides is 2. The first kappa shape index (κ1) is 19.9. The number of rotatable bonds is 4. The maximum atomic E-state index is 13.1. The van der Waals surface area contributed by atoms with Gasteiger partial charge < -0.3 is 20.1 Å². The van der Waals surface area contributed by atoms with Crippen LogP contribution in [0.3, 0.4) is 0 Å². The van der Waals surface area contributed by atoms with Crippen molar-refractivity contribution in [3.05, 3.63) is 53.1 Å². The molecule has 0 radical (unpaired) electrons. The molecule has 1 saturated heterocycles. The second-order valence-corrected chi connectivity index (χ2v) is 7.27. The molecule has 0 aliphatic carbocycles. The van der Waals surface area contributed by atoms with E-state index in [0.29, 0.717) is 10.6 Å². The highest BCUT2D eigenvalue weighted by Crippen LogP contribution is 2.42. The number of carbonyl (C=O) groups is 3. The van der Waals surface area contributed by atoms with Gasteiger partial charge in [-0.2, -0.15) is 0 Å². The van der Waals surface area contributed by atoms with Gasteiger partial charge in [0.1, 0.15) is 12.1 Å². The molecule has 2 aliphatic rings. The number of hydrogen-bond donors (Lipinski definition) is 2. The Bertz CT molecular complexity index is 1060. The van der Waals surface area contributed by atoms with Crippen molar-refractivity contribution in [2.75, 3.05) is 11.9 Å². The number of amides is 4. The molecule has 8 nitrogen and oxygen atoms in total. The van der Waals surface area contributed by atoms with Crippen molar-refractivity contribution >= 4 is 35.1 Å². The van der Waals surface area contributed by atoms with Crippen molar-refractivity contribution in [1.82, 2.24) is 10.2 Å². The van der Waals surface area contributed by atoms with E-state index >= 15 is 0 Å². The van der Waals surface area contributed by atoms with Crippen LogP contribution < -0.4 is 20.1 Å². The van der Waals surface area contributed by atoms with Crippen molar-refractivity contribution in [2.45, 2.75) is 18.8 Å². The highest BCUT2D eigenvalue weighted by molar-refractivity contribution is 6.30. The standard InChI is InChI=1S/C19H14ClF2N3O5/c1-18(10-2-4-11(20)5-3-10)16(27)25(17(28)24-18)9-15(26)23-12-6-7-13-14(8-12)30-19(21,22)29-13/h2-8H,9H2,1H3,(H,23,26)(H,24,28)/t18-/m0/s1. The molecule has 1 fully saturated rings. The minimum atomic E-state index is -3.78. The fourth-order valence-electron chi connectivity index (χ4n) is 3.19. The van der Waals surface area contributed by atoms with Crippen LogP contribution in [-0.4, -0.2) is 35.6 Å². The van der Waals surface area contributed by atoms with E-state index < -0.39 is 36.2 Å². The SMILES string of the molecule is C[C@@]1(c2ccc(Cl)cc2)NC(=O)N(CC(=O)Nc2ccc3c(c2)OC(F)(F)O3)C1=O. The zero-order valence-electron chi connectivity index (χ0n) is 15.4. The largest absolute Gasteiger partial charge is 0.586 e. The lowest BCUT2D eigenvalue weighted by Crippen LogP contribution is -2.42. The zero-order valence-corrected chi connectivity index (χ0v) is 16.1. The minimum absolute atomic E-state index is 0.132. The monoisotopic (exact) mass is 437 g/mol. The van der Waals surface area contributed by atoms with E-state index in [1.807, 2.05) is 0 Å². The Kier molecular flexibility index (Phi) is 4.53. The highest BCUT2D eigenvalue weighted by Gasteiger charge is 2.49. The quantitative estimate of drug-likeness (QED) is 0.716. The number of ether oxygens (including phenoxy) is 2. The maximum absolute atomic E-state index is 13.1. The summed E-state index contributed by atoms with van der Waals surface area (Å²) in [4.78, 5) is 38.3. The van der Waals surface area contributed by atoms with Crippen LogP contribution in [0.1, 0.15) is 12.5 Å². The van der Waals surface area contributed by atoms with Crippen LogP contribution in [-0.2, 0) is 15.1 Å². The van der Waals surface area contributed by atoms with Crippen molar-refractivity contribution in [2.24, 2.45) is 0 Å². The molecule has 2 aliphatic heterocycles. The number of carbonyl (C=O) groups excluding carboxylic acids is 3. The Morgan fingerprint density at radius 1 is 1.13 bits per heavy atom. The van der Waals surface area contributed by atoms with E-state index in [2.05, 4.69) is 20.1 Å². The van der Waals surface area contributed by atoms with Crippen molar-refractivity contribution in [3.63, 3.8) is 0 Å². The lowest BCUT2D eigenvalue weighted by Gasteiger charge is -2.22. The second kappa shape index (κ2) is 6.84. The molecule has 4 rings (SSSR count). The molecular formula is C19H14ClF2N3O5. The van der Waals surface area contributed by atoms with Crippen LogP contribution >= 0.6 is 11.6 Å². The summed E-state index contributed by atoms with van der Waals surface area (Å²) < 4.78 is 34.8. The molecule has 11 heteroatoms. The number of fused-ring (bicyclic) bond motifs is 1. The van der Waals surface area contributed by atoms with Crippen molar-refractivity contribution < 1.29 is 32.6 Å². The Hall–Kier alpha value is -3.40. The van der Waals surface area contributed by atoms with Crippen LogP contribution in [0.4, 0.5) is 19.3 Å². The summed E-state index contributed by atoms with van der Waals surface area (Å²) in [6.45, 7) is 0.949. The van der Waals surface area contributed by atoms with Crippen LogP contribution in [0.5, 0.6) is 11.5 Å². The molecule has 4 amide bonds. The third-order valence-electron chi connectivity index (χ3n) is 4.68. The number of hydrogen-bond acceptors (Lipinski definition) is 5. The van der Waals surface area contributed by atoms with Crippen molar-refractivity contribution in [3.8, 4) is 11.5 Å². The highest BCUT2D eigenvalue weighted by atomic mass is 35.5. The summed E-state index contributed by atoms with van der Waals surface area (Å²) >= 11 is 5.86. The lowest BCUT2D eigenvalue weighted by atomic mass is 9.92. The third-order valence-corrected chi connectivity index (χ3v) is 4.94.